The maximum Gasteiger partial charge on any atom is 0.305 e. The maximum atomic E-state index is 10.5. The average molecular weight is 364 g/mol. The van der Waals surface area contributed by atoms with Gasteiger partial charge < -0.3 is 21.5 Å². The molecule has 0 fully saturated rings. The number of aliphatic imine (C=N–C) groups is 2. The van der Waals surface area contributed by atoms with Gasteiger partial charge in [0.1, 0.15) is 30.4 Å². The van der Waals surface area contributed by atoms with Crippen LogP contribution in [0.1, 0.15) is 20.3 Å². The highest BCUT2D eigenvalue weighted by Crippen LogP contribution is 2.17. The minimum Gasteiger partial charge on any atom is -0.481 e. The molecule has 0 amide bonds. The maximum absolute atomic E-state index is 10.5. The van der Waals surface area contributed by atoms with Gasteiger partial charge in [-0.3, -0.25) is 14.8 Å². The lowest BCUT2D eigenvalue weighted by atomic mass is 10.0. The van der Waals surface area contributed by atoms with Gasteiger partial charge in [-0.15, -0.1) is 0 Å². The van der Waals surface area contributed by atoms with E-state index in [4.69, 9.17) is 21.8 Å². The molecule has 2 unspecified atom stereocenters. The lowest BCUT2D eigenvalue weighted by molar-refractivity contribution is -0.202. The summed E-state index contributed by atoms with van der Waals surface area (Å²) in [5.74, 6) is -1.70. The molecule has 0 bridgehead atoms. The highest BCUT2D eigenvalue weighted by atomic mass is 17.1. The first kappa shape index (κ1) is 22.5. The lowest BCUT2D eigenvalue weighted by Gasteiger charge is -2.19. The number of azo groups is 1. The molecule has 12 heteroatoms. The van der Waals surface area contributed by atoms with E-state index < -0.39 is 17.0 Å². The van der Waals surface area contributed by atoms with Gasteiger partial charge in [0.15, 0.2) is 5.76 Å². The molecule has 0 heterocycles. The Hall–Kier alpha value is -3.51. The van der Waals surface area contributed by atoms with Gasteiger partial charge in [-0.05, 0) is 13.8 Å². The van der Waals surface area contributed by atoms with Crippen molar-refractivity contribution in [1.82, 2.24) is 0 Å². The van der Waals surface area contributed by atoms with Gasteiger partial charge in [0.2, 0.25) is 11.1 Å². The van der Waals surface area contributed by atoms with Gasteiger partial charge in [-0.2, -0.15) is 20.8 Å². The van der Waals surface area contributed by atoms with E-state index in [0.29, 0.717) is 0 Å². The number of aliphatic carboxylic acids is 1. The number of hydrogen-bond donors (Lipinski definition) is 4. The molecular weight excluding hydrogens is 344 g/mol. The third-order valence-corrected chi connectivity index (χ3v) is 3.05. The Labute approximate surface area is 149 Å². The van der Waals surface area contributed by atoms with Crippen LogP contribution in [-0.4, -0.2) is 52.2 Å². The second-order valence-corrected chi connectivity index (χ2v) is 5.31. The third-order valence-electron chi connectivity index (χ3n) is 3.05. The van der Waals surface area contributed by atoms with E-state index in [1.54, 1.807) is 12.1 Å². The number of carboxylic acid groups (broad SMARTS) is 1. The van der Waals surface area contributed by atoms with Gasteiger partial charge in [-0.1, -0.05) is 6.58 Å². The van der Waals surface area contributed by atoms with Gasteiger partial charge in [0.05, 0.1) is 13.0 Å². The summed E-state index contributed by atoms with van der Waals surface area (Å²) in [5.41, 5.74) is 7.95. The monoisotopic (exact) mass is 364 g/mol. The smallest absolute Gasteiger partial charge is 0.305 e. The fourth-order valence-corrected chi connectivity index (χ4v) is 1.24. The Balaban J connectivity index is 5.52. The summed E-state index contributed by atoms with van der Waals surface area (Å²) in [6.07, 6.45) is -0.272. The molecule has 0 aliphatic carbocycles. The quantitative estimate of drug-likeness (QED) is 0.104. The molecule has 0 aromatic rings. The summed E-state index contributed by atoms with van der Waals surface area (Å²) in [4.78, 5) is 21.9. The van der Waals surface area contributed by atoms with Gasteiger partial charge >= 0.3 is 5.97 Å². The number of hydrogen-bond acceptors (Lipinski definition) is 9. The fraction of sp³-hybridized carbons (Fsp3) is 0.500. The summed E-state index contributed by atoms with van der Waals surface area (Å²) >= 11 is 0. The number of nitrogens with two attached hydrogens (primary N) is 2. The van der Waals surface area contributed by atoms with Crippen molar-refractivity contribution in [2.75, 3.05) is 13.1 Å². The largest absolute Gasteiger partial charge is 0.481 e. The van der Waals surface area contributed by atoms with E-state index in [0.717, 1.165) is 0 Å². The Morgan fingerprint density at radius 1 is 1.15 bits per heavy atom. The van der Waals surface area contributed by atoms with Crippen molar-refractivity contribution in [1.29, 1.82) is 10.5 Å². The molecule has 0 rings (SSSR count). The molecule has 0 aromatic carbocycles. The van der Waals surface area contributed by atoms with Crippen LogP contribution >= 0.6 is 0 Å². The molecule has 0 aliphatic rings. The Morgan fingerprint density at radius 3 is 2.00 bits per heavy atom. The van der Waals surface area contributed by atoms with Gasteiger partial charge in [0.25, 0.3) is 0 Å². The number of amidine groups is 2. The summed E-state index contributed by atoms with van der Waals surface area (Å²) in [6, 6.07) is 3.59. The van der Waals surface area contributed by atoms with Crippen LogP contribution in [0.3, 0.4) is 0 Å². The standard InChI is InChI=1S/C14H20N8O4/c1-9(26-25)6-20-12(18)14(3,8-16)22-21-13(2,7-15)11(17)19-5-4-10(23)24/h25H,1,4-6H2,2-3H3,(H2,17,19)(H2,18,20)(H,23,24). The van der Waals surface area contributed by atoms with Crippen molar-refractivity contribution in [2.45, 2.75) is 31.3 Å². The number of rotatable bonds is 10. The van der Waals surface area contributed by atoms with E-state index in [2.05, 4.69) is 31.7 Å². The van der Waals surface area contributed by atoms with Crippen molar-refractivity contribution in [3.05, 3.63) is 12.3 Å². The molecule has 12 nitrogen and oxygen atoms in total. The molecule has 26 heavy (non-hydrogen) atoms. The van der Waals surface area contributed by atoms with E-state index >= 15 is 0 Å². The van der Waals surface area contributed by atoms with Gasteiger partial charge in [-0.25, -0.2) is 5.26 Å². The van der Waals surface area contributed by atoms with Crippen molar-refractivity contribution < 1.29 is 20.0 Å². The second kappa shape index (κ2) is 9.71. The first-order chi connectivity index (χ1) is 12.0. The van der Waals surface area contributed by atoms with Crippen molar-refractivity contribution in [3.8, 4) is 12.1 Å². The summed E-state index contributed by atoms with van der Waals surface area (Å²) in [7, 11) is 0. The second-order valence-electron chi connectivity index (χ2n) is 5.31. The molecule has 140 valence electrons. The topological polar surface area (TPSA) is 216 Å². The molecule has 0 radical (unpaired) electrons. The first-order valence-corrected chi connectivity index (χ1v) is 7.13. The Bertz CT molecular complexity index is 717. The normalized spacial score (nSPS) is 16.8. The zero-order valence-electron chi connectivity index (χ0n) is 14.4. The van der Waals surface area contributed by atoms with Crippen LogP contribution in [0.5, 0.6) is 0 Å². The minimum absolute atomic E-state index is 0.109. The molecular formula is C14H20N8O4. The number of carboxylic acids is 1. The summed E-state index contributed by atoms with van der Waals surface area (Å²) in [6.45, 7) is 5.56. The number of carbonyl (C=O) groups is 1. The molecule has 0 spiro atoms. The number of nitrogens with zero attached hydrogens (tertiary/aromatic N) is 6. The molecule has 2 atom stereocenters. The predicted octanol–water partition coefficient (Wildman–Crippen LogP) is 0.196. The van der Waals surface area contributed by atoms with Crippen LogP contribution in [0, 0.1) is 22.7 Å². The number of nitriles is 2. The molecule has 0 saturated heterocycles. The Kier molecular flexibility index (Phi) is 8.40. The van der Waals surface area contributed by atoms with Crippen LogP contribution in [-0.2, 0) is 9.68 Å². The average Bonchev–Trinajstić information content (AvgIpc) is 2.62. The predicted molar refractivity (Wildman–Crippen MR) is 91.0 cm³/mol. The third kappa shape index (κ3) is 6.54. The van der Waals surface area contributed by atoms with Crippen LogP contribution in [0.25, 0.3) is 0 Å². The van der Waals surface area contributed by atoms with Crippen molar-refractivity contribution in [2.24, 2.45) is 31.7 Å². The van der Waals surface area contributed by atoms with Crippen LogP contribution in [0.15, 0.2) is 32.6 Å². The highest BCUT2D eigenvalue weighted by Gasteiger charge is 2.34. The van der Waals surface area contributed by atoms with Crippen LogP contribution < -0.4 is 11.5 Å². The SMILES string of the molecule is C=C(CN=C(N)C(C)(C#N)N=NC(C)(C#N)C(N)=NCCC(=O)O)OO. The molecule has 0 aliphatic heterocycles. The van der Waals surface area contributed by atoms with Crippen LogP contribution in [0.4, 0.5) is 0 Å². The lowest BCUT2D eigenvalue weighted by Crippen LogP contribution is -2.41. The zero-order chi connectivity index (χ0) is 20.4. The van der Waals surface area contributed by atoms with E-state index in [9.17, 15) is 15.3 Å². The van der Waals surface area contributed by atoms with E-state index in [-0.39, 0.29) is 36.9 Å². The van der Waals surface area contributed by atoms with Crippen molar-refractivity contribution >= 4 is 17.6 Å². The van der Waals surface area contributed by atoms with E-state index in [1.807, 2.05) is 0 Å². The van der Waals surface area contributed by atoms with Crippen molar-refractivity contribution in [3.63, 3.8) is 0 Å². The van der Waals surface area contributed by atoms with Crippen LogP contribution in [0.2, 0.25) is 0 Å². The zero-order valence-corrected chi connectivity index (χ0v) is 14.4. The highest BCUT2D eigenvalue weighted by molar-refractivity contribution is 5.94. The molecule has 0 saturated carbocycles. The van der Waals surface area contributed by atoms with Gasteiger partial charge in [0, 0.05) is 0 Å². The summed E-state index contributed by atoms with van der Waals surface area (Å²) in [5, 5.41) is 43.1. The first-order valence-electron chi connectivity index (χ1n) is 7.13. The fourth-order valence-electron chi connectivity index (χ4n) is 1.24. The molecule has 0 aromatic heterocycles. The Morgan fingerprint density at radius 2 is 1.62 bits per heavy atom. The molecule has 6 N–H and O–H groups in total. The van der Waals surface area contributed by atoms with E-state index in [1.165, 1.54) is 13.8 Å². The minimum atomic E-state index is -1.73. The summed E-state index contributed by atoms with van der Waals surface area (Å²) < 4.78 is 0.